The van der Waals surface area contributed by atoms with Crippen molar-refractivity contribution in [1.29, 1.82) is 0 Å². The number of aryl methyl sites for hydroxylation is 2. The normalized spacial score (nSPS) is 20.6. The van der Waals surface area contributed by atoms with Gasteiger partial charge in [0.05, 0.1) is 17.2 Å². The molecule has 25 heavy (non-hydrogen) atoms. The first kappa shape index (κ1) is 17.6. The number of hydrogen-bond acceptors (Lipinski definition) is 4. The van der Waals surface area contributed by atoms with Gasteiger partial charge in [-0.25, -0.2) is 4.98 Å². The van der Waals surface area contributed by atoms with Crippen LogP contribution < -0.4 is 5.56 Å². The zero-order valence-corrected chi connectivity index (χ0v) is 15.4. The van der Waals surface area contributed by atoms with Crippen LogP contribution in [0.4, 0.5) is 0 Å². The number of para-hydroxylation sites is 1. The average molecular weight is 342 g/mol. The van der Waals surface area contributed by atoms with E-state index in [-0.39, 0.29) is 11.5 Å². The number of fused-ring (bicyclic) bond motifs is 1. The Hall–Kier alpha value is -2.21. The molecular weight excluding hydrogens is 316 g/mol. The van der Waals surface area contributed by atoms with E-state index in [9.17, 15) is 9.59 Å². The van der Waals surface area contributed by atoms with E-state index < -0.39 is 0 Å². The van der Waals surface area contributed by atoms with Crippen LogP contribution in [0.1, 0.15) is 18.9 Å². The third-order valence-electron chi connectivity index (χ3n) is 5.21. The Labute approximate surface area is 148 Å². The van der Waals surface area contributed by atoms with Gasteiger partial charge in [0.25, 0.3) is 5.56 Å². The first-order valence-electron chi connectivity index (χ1n) is 8.77. The van der Waals surface area contributed by atoms with Crippen LogP contribution in [0.25, 0.3) is 10.9 Å². The molecule has 1 fully saturated rings. The van der Waals surface area contributed by atoms with Crippen molar-refractivity contribution in [2.45, 2.75) is 32.9 Å². The molecule has 6 nitrogen and oxygen atoms in total. The number of hydrogen-bond donors (Lipinski definition) is 0. The fourth-order valence-corrected chi connectivity index (χ4v) is 3.70. The van der Waals surface area contributed by atoms with Gasteiger partial charge in [-0.1, -0.05) is 19.1 Å². The second kappa shape index (κ2) is 6.96. The molecule has 0 bridgehead atoms. The molecule has 0 N–H and O–H groups in total. The molecule has 0 saturated carbocycles. The Morgan fingerprint density at radius 3 is 2.76 bits per heavy atom. The summed E-state index contributed by atoms with van der Waals surface area (Å²) in [4.78, 5) is 33.6. The van der Waals surface area contributed by atoms with Crippen molar-refractivity contribution < 1.29 is 4.79 Å². The zero-order chi connectivity index (χ0) is 18.1. The van der Waals surface area contributed by atoms with E-state index in [1.165, 1.54) is 0 Å². The maximum absolute atomic E-state index is 12.6. The zero-order valence-electron chi connectivity index (χ0n) is 15.4. The quantitative estimate of drug-likeness (QED) is 0.845. The second-order valence-electron chi connectivity index (χ2n) is 7.27. The molecule has 1 aromatic heterocycles. The van der Waals surface area contributed by atoms with Crippen molar-refractivity contribution in [2.24, 2.45) is 5.92 Å². The molecule has 2 aromatic rings. The lowest BCUT2D eigenvalue weighted by Gasteiger charge is -2.22. The number of likely N-dealkylation sites (N-methyl/N-ethyl adjacent to an activating group) is 1. The molecule has 2 atom stereocenters. The number of rotatable bonds is 4. The van der Waals surface area contributed by atoms with Crippen molar-refractivity contribution in [3.63, 3.8) is 0 Å². The van der Waals surface area contributed by atoms with Crippen LogP contribution in [0.15, 0.2) is 29.3 Å². The smallest absolute Gasteiger partial charge is 0.261 e. The van der Waals surface area contributed by atoms with Gasteiger partial charge in [0.2, 0.25) is 5.91 Å². The predicted molar refractivity (Wildman–Crippen MR) is 98.6 cm³/mol. The number of likely N-dealkylation sites (tertiary alicyclic amines) is 1. The molecule has 3 rings (SSSR count). The van der Waals surface area contributed by atoms with Crippen LogP contribution in [-0.4, -0.2) is 58.5 Å². The summed E-state index contributed by atoms with van der Waals surface area (Å²) < 4.78 is 1.54. The standard InChI is InChI=1S/C19H26N4O2/c1-13-6-5-7-15-18(13)20-12-22(19(15)25)9-8-17(24)23-10-14(2)16(11-23)21(3)4/h5-7,12,14,16H,8-11H2,1-4H3/t14-,16+/m0/s1. The first-order valence-corrected chi connectivity index (χ1v) is 8.77. The second-order valence-corrected chi connectivity index (χ2v) is 7.27. The minimum Gasteiger partial charge on any atom is -0.341 e. The highest BCUT2D eigenvalue weighted by Crippen LogP contribution is 2.20. The molecule has 1 aliphatic rings. The summed E-state index contributed by atoms with van der Waals surface area (Å²) in [5.41, 5.74) is 1.64. The summed E-state index contributed by atoms with van der Waals surface area (Å²) >= 11 is 0. The number of carbonyl (C=O) groups excluding carboxylic acids is 1. The number of amides is 1. The van der Waals surface area contributed by atoms with Crippen molar-refractivity contribution in [3.05, 3.63) is 40.4 Å². The Morgan fingerprint density at radius 1 is 1.32 bits per heavy atom. The Balaban J connectivity index is 1.70. The number of benzene rings is 1. The van der Waals surface area contributed by atoms with Gasteiger partial charge < -0.3 is 9.80 Å². The molecule has 2 heterocycles. The summed E-state index contributed by atoms with van der Waals surface area (Å²) in [6.07, 6.45) is 1.88. The van der Waals surface area contributed by atoms with Gasteiger partial charge in [0, 0.05) is 32.1 Å². The van der Waals surface area contributed by atoms with Crippen LogP contribution in [-0.2, 0) is 11.3 Å². The highest BCUT2D eigenvalue weighted by molar-refractivity contribution is 5.80. The maximum Gasteiger partial charge on any atom is 0.261 e. The van der Waals surface area contributed by atoms with Crippen molar-refractivity contribution in [3.8, 4) is 0 Å². The monoisotopic (exact) mass is 342 g/mol. The third-order valence-corrected chi connectivity index (χ3v) is 5.21. The van der Waals surface area contributed by atoms with Crippen LogP contribution in [0.2, 0.25) is 0 Å². The summed E-state index contributed by atoms with van der Waals surface area (Å²) in [6.45, 7) is 6.03. The fourth-order valence-electron chi connectivity index (χ4n) is 3.70. The van der Waals surface area contributed by atoms with Crippen molar-refractivity contribution >= 4 is 16.8 Å². The Morgan fingerprint density at radius 2 is 2.08 bits per heavy atom. The van der Waals surface area contributed by atoms with Crippen LogP contribution in [0, 0.1) is 12.8 Å². The summed E-state index contributed by atoms with van der Waals surface area (Å²) in [5.74, 6) is 0.569. The van der Waals surface area contributed by atoms with Crippen LogP contribution in [0.3, 0.4) is 0 Å². The molecular formula is C19H26N4O2. The maximum atomic E-state index is 12.6. The number of carbonyl (C=O) groups is 1. The van der Waals surface area contributed by atoms with E-state index in [1.807, 2.05) is 24.0 Å². The highest BCUT2D eigenvalue weighted by atomic mass is 16.2. The predicted octanol–water partition coefficient (Wildman–Crippen LogP) is 1.50. The molecule has 0 spiro atoms. The van der Waals surface area contributed by atoms with Gasteiger partial charge >= 0.3 is 0 Å². The summed E-state index contributed by atoms with van der Waals surface area (Å²) in [7, 11) is 4.11. The first-order chi connectivity index (χ1) is 11.9. The largest absolute Gasteiger partial charge is 0.341 e. The molecule has 1 amide bonds. The average Bonchev–Trinajstić information content (AvgIpc) is 2.97. The van der Waals surface area contributed by atoms with E-state index in [2.05, 4.69) is 30.9 Å². The van der Waals surface area contributed by atoms with E-state index >= 15 is 0 Å². The lowest BCUT2D eigenvalue weighted by atomic mass is 10.1. The third kappa shape index (κ3) is 3.44. The summed E-state index contributed by atoms with van der Waals surface area (Å²) in [6, 6.07) is 6.00. The Kier molecular flexibility index (Phi) is 4.90. The molecule has 6 heteroatoms. The van der Waals surface area contributed by atoms with Gasteiger partial charge in [0.1, 0.15) is 0 Å². The van der Waals surface area contributed by atoms with Gasteiger partial charge in [-0.05, 0) is 38.6 Å². The van der Waals surface area contributed by atoms with Gasteiger partial charge in [0.15, 0.2) is 0 Å². The van der Waals surface area contributed by atoms with E-state index in [0.717, 1.165) is 24.2 Å². The van der Waals surface area contributed by atoms with Crippen molar-refractivity contribution in [1.82, 2.24) is 19.4 Å². The molecule has 0 unspecified atom stereocenters. The van der Waals surface area contributed by atoms with E-state index in [4.69, 9.17) is 0 Å². The molecule has 1 aliphatic heterocycles. The van der Waals surface area contributed by atoms with E-state index in [1.54, 1.807) is 17.0 Å². The topological polar surface area (TPSA) is 58.4 Å². The van der Waals surface area contributed by atoms with Crippen LogP contribution in [0.5, 0.6) is 0 Å². The minimum atomic E-state index is -0.0811. The van der Waals surface area contributed by atoms with Gasteiger partial charge in [-0.2, -0.15) is 0 Å². The molecule has 0 radical (unpaired) electrons. The number of aromatic nitrogens is 2. The molecule has 1 aromatic carbocycles. The van der Waals surface area contributed by atoms with Crippen LogP contribution >= 0.6 is 0 Å². The number of nitrogens with zero attached hydrogens (tertiary/aromatic N) is 4. The highest BCUT2D eigenvalue weighted by Gasteiger charge is 2.33. The molecule has 134 valence electrons. The lowest BCUT2D eigenvalue weighted by Crippen LogP contribution is -2.36. The fraction of sp³-hybridized carbons (Fsp3) is 0.526. The minimum absolute atomic E-state index is 0.0811. The Bertz CT molecular complexity index is 843. The lowest BCUT2D eigenvalue weighted by molar-refractivity contribution is -0.130. The molecule has 1 saturated heterocycles. The van der Waals surface area contributed by atoms with Gasteiger partial charge in [-0.15, -0.1) is 0 Å². The van der Waals surface area contributed by atoms with Gasteiger partial charge in [-0.3, -0.25) is 14.2 Å². The summed E-state index contributed by atoms with van der Waals surface area (Å²) in [5, 5.41) is 0.609. The SMILES string of the molecule is Cc1cccc2c(=O)n(CCC(=O)N3C[C@@H](N(C)C)[C@@H](C)C3)cnc12. The van der Waals surface area contributed by atoms with Crippen molar-refractivity contribution in [2.75, 3.05) is 27.2 Å². The van der Waals surface area contributed by atoms with E-state index in [0.29, 0.717) is 30.3 Å². The molecule has 0 aliphatic carbocycles.